The number of benzene rings is 1. The molecule has 8 heteroatoms. The molecule has 0 unspecified atom stereocenters. The third-order valence-corrected chi connectivity index (χ3v) is 3.19. The van der Waals surface area contributed by atoms with Gasteiger partial charge in [0, 0.05) is 17.7 Å². The molecule has 1 aromatic carbocycles. The minimum Gasteiger partial charge on any atom is -0.319 e. The first kappa shape index (κ1) is 14.6. The van der Waals surface area contributed by atoms with E-state index >= 15 is 0 Å². The number of carbonyl (C=O) groups excluding carboxylic acids is 1. The summed E-state index contributed by atoms with van der Waals surface area (Å²) < 4.78 is 39.7. The van der Waals surface area contributed by atoms with Crippen LogP contribution >= 0.6 is 15.9 Å². The van der Waals surface area contributed by atoms with Gasteiger partial charge in [0.15, 0.2) is 0 Å². The van der Waals surface area contributed by atoms with E-state index in [0.717, 1.165) is 12.1 Å². The monoisotopic (exact) mass is 347 g/mol. The van der Waals surface area contributed by atoms with Gasteiger partial charge in [-0.15, -0.1) is 0 Å². The quantitative estimate of drug-likeness (QED) is 0.904. The summed E-state index contributed by atoms with van der Waals surface area (Å²) in [7, 11) is 1.66. The molecule has 0 aliphatic carbocycles. The predicted octanol–water partition coefficient (Wildman–Crippen LogP) is 3.45. The number of amides is 1. The molecule has 4 nitrogen and oxygen atoms in total. The van der Waals surface area contributed by atoms with E-state index in [4.69, 9.17) is 0 Å². The first-order valence-electron chi connectivity index (χ1n) is 5.44. The van der Waals surface area contributed by atoms with Crippen molar-refractivity contribution in [1.82, 2.24) is 9.78 Å². The summed E-state index contributed by atoms with van der Waals surface area (Å²) in [5, 5.41) is 6.33. The van der Waals surface area contributed by atoms with Crippen LogP contribution in [-0.4, -0.2) is 15.7 Å². The Hall–Kier alpha value is -1.83. The summed E-state index contributed by atoms with van der Waals surface area (Å²) >= 11 is 3.07. The van der Waals surface area contributed by atoms with Gasteiger partial charge in [-0.2, -0.15) is 18.3 Å². The SMILES string of the molecule is Cn1cc(NC(=O)c2cc(C(F)(F)F)ccc2Br)cn1. The molecule has 0 fully saturated rings. The van der Waals surface area contributed by atoms with Gasteiger partial charge in [0.1, 0.15) is 0 Å². The van der Waals surface area contributed by atoms with Gasteiger partial charge in [0.2, 0.25) is 0 Å². The number of rotatable bonds is 2. The molecule has 0 radical (unpaired) electrons. The van der Waals surface area contributed by atoms with Crippen LogP contribution in [0.2, 0.25) is 0 Å². The fourth-order valence-electron chi connectivity index (χ4n) is 1.56. The van der Waals surface area contributed by atoms with Crippen molar-refractivity contribution in [3.05, 3.63) is 46.2 Å². The van der Waals surface area contributed by atoms with Crippen molar-refractivity contribution < 1.29 is 18.0 Å². The van der Waals surface area contributed by atoms with Crippen LogP contribution in [0.4, 0.5) is 18.9 Å². The third kappa shape index (κ3) is 3.19. The van der Waals surface area contributed by atoms with Crippen LogP contribution in [0.25, 0.3) is 0 Å². The van der Waals surface area contributed by atoms with Crippen molar-refractivity contribution in [3.63, 3.8) is 0 Å². The summed E-state index contributed by atoms with van der Waals surface area (Å²) in [5.41, 5.74) is -0.567. The van der Waals surface area contributed by atoms with Crippen molar-refractivity contribution in [2.45, 2.75) is 6.18 Å². The standard InChI is InChI=1S/C12H9BrF3N3O/c1-19-6-8(5-17-19)18-11(20)9-4-7(12(14,15)16)2-3-10(9)13/h2-6H,1H3,(H,18,20). The number of halogens is 4. The van der Waals surface area contributed by atoms with Crippen LogP contribution in [0.1, 0.15) is 15.9 Å². The Kier molecular flexibility index (Phi) is 3.85. The second kappa shape index (κ2) is 5.28. The fourth-order valence-corrected chi connectivity index (χ4v) is 1.99. The second-order valence-electron chi connectivity index (χ2n) is 4.05. The first-order valence-corrected chi connectivity index (χ1v) is 6.23. The summed E-state index contributed by atoms with van der Waals surface area (Å²) in [6.07, 6.45) is -1.55. The normalized spacial score (nSPS) is 11.4. The van der Waals surface area contributed by atoms with Gasteiger partial charge < -0.3 is 5.32 Å². The van der Waals surface area contributed by atoms with Gasteiger partial charge in [-0.1, -0.05) is 0 Å². The van der Waals surface area contributed by atoms with Crippen LogP contribution in [0.15, 0.2) is 35.1 Å². The van der Waals surface area contributed by atoms with Crippen molar-refractivity contribution in [2.24, 2.45) is 7.05 Å². The summed E-state index contributed by atoms with van der Waals surface area (Å²) in [6.45, 7) is 0. The lowest BCUT2D eigenvalue weighted by molar-refractivity contribution is -0.137. The maximum Gasteiger partial charge on any atom is 0.416 e. The Morgan fingerprint density at radius 3 is 2.65 bits per heavy atom. The van der Waals surface area contributed by atoms with E-state index in [1.54, 1.807) is 13.2 Å². The number of carbonyl (C=O) groups is 1. The highest BCUT2D eigenvalue weighted by molar-refractivity contribution is 9.10. The van der Waals surface area contributed by atoms with Crippen molar-refractivity contribution in [2.75, 3.05) is 5.32 Å². The Balaban J connectivity index is 2.29. The number of hydrogen-bond acceptors (Lipinski definition) is 2. The van der Waals surface area contributed by atoms with Gasteiger partial charge in [0.25, 0.3) is 5.91 Å². The van der Waals surface area contributed by atoms with E-state index in [-0.39, 0.29) is 10.0 Å². The van der Waals surface area contributed by atoms with Gasteiger partial charge in [0.05, 0.1) is 23.0 Å². The maximum atomic E-state index is 12.6. The van der Waals surface area contributed by atoms with Gasteiger partial charge in [-0.05, 0) is 34.1 Å². The van der Waals surface area contributed by atoms with Gasteiger partial charge in [-0.25, -0.2) is 0 Å². The molecule has 106 valence electrons. The zero-order valence-corrected chi connectivity index (χ0v) is 11.8. The predicted molar refractivity (Wildman–Crippen MR) is 70.3 cm³/mol. The zero-order valence-electron chi connectivity index (χ0n) is 10.2. The molecule has 0 saturated carbocycles. The zero-order chi connectivity index (χ0) is 14.9. The number of hydrogen-bond donors (Lipinski definition) is 1. The van der Waals surface area contributed by atoms with E-state index in [1.165, 1.54) is 16.9 Å². The minimum atomic E-state index is -4.50. The third-order valence-electron chi connectivity index (χ3n) is 2.50. The van der Waals surface area contributed by atoms with E-state index in [9.17, 15) is 18.0 Å². The molecule has 0 aliphatic heterocycles. The van der Waals surface area contributed by atoms with Crippen molar-refractivity contribution in [1.29, 1.82) is 0 Å². The summed E-state index contributed by atoms with van der Waals surface area (Å²) in [6, 6.07) is 2.90. The Labute approximate surface area is 120 Å². The molecule has 0 bridgehead atoms. The number of alkyl halides is 3. The van der Waals surface area contributed by atoms with E-state index in [1.807, 2.05) is 0 Å². The molecule has 0 spiro atoms. The van der Waals surface area contributed by atoms with Crippen LogP contribution in [0, 0.1) is 0 Å². The number of aryl methyl sites for hydroxylation is 1. The number of aromatic nitrogens is 2. The lowest BCUT2D eigenvalue weighted by Crippen LogP contribution is -2.14. The van der Waals surface area contributed by atoms with Crippen molar-refractivity contribution in [3.8, 4) is 0 Å². The van der Waals surface area contributed by atoms with E-state index < -0.39 is 17.6 Å². The summed E-state index contributed by atoms with van der Waals surface area (Å²) in [5.74, 6) is -0.643. The van der Waals surface area contributed by atoms with Crippen LogP contribution < -0.4 is 5.32 Å². The molecular weight excluding hydrogens is 339 g/mol. The Morgan fingerprint density at radius 1 is 1.40 bits per heavy atom. The van der Waals surface area contributed by atoms with Crippen LogP contribution in [0.3, 0.4) is 0 Å². The molecule has 1 aromatic heterocycles. The van der Waals surface area contributed by atoms with Crippen LogP contribution in [-0.2, 0) is 13.2 Å². The number of anilines is 1. The number of nitrogens with one attached hydrogen (secondary N) is 1. The average molecular weight is 348 g/mol. The molecule has 1 N–H and O–H groups in total. The minimum absolute atomic E-state index is 0.0938. The molecule has 20 heavy (non-hydrogen) atoms. The highest BCUT2D eigenvalue weighted by atomic mass is 79.9. The molecule has 2 rings (SSSR count). The van der Waals surface area contributed by atoms with Crippen LogP contribution in [0.5, 0.6) is 0 Å². The lowest BCUT2D eigenvalue weighted by atomic mass is 10.1. The molecule has 0 saturated heterocycles. The molecule has 0 atom stereocenters. The molecule has 2 aromatic rings. The highest BCUT2D eigenvalue weighted by Gasteiger charge is 2.31. The fraction of sp³-hybridized carbons (Fsp3) is 0.167. The average Bonchev–Trinajstić information content (AvgIpc) is 2.73. The summed E-state index contributed by atoms with van der Waals surface area (Å²) in [4.78, 5) is 12.0. The lowest BCUT2D eigenvalue weighted by Gasteiger charge is -2.10. The highest BCUT2D eigenvalue weighted by Crippen LogP contribution is 2.32. The van der Waals surface area contributed by atoms with E-state index in [2.05, 4.69) is 26.3 Å². The van der Waals surface area contributed by atoms with Gasteiger partial charge in [-0.3, -0.25) is 9.48 Å². The Bertz CT molecular complexity index is 652. The van der Waals surface area contributed by atoms with Crippen molar-refractivity contribution >= 4 is 27.5 Å². The molecular formula is C12H9BrF3N3O. The molecule has 0 aliphatic rings. The Morgan fingerprint density at radius 2 is 2.10 bits per heavy atom. The van der Waals surface area contributed by atoms with Gasteiger partial charge >= 0.3 is 6.18 Å². The first-order chi connectivity index (χ1) is 9.27. The second-order valence-corrected chi connectivity index (χ2v) is 4.90. The smallest absolute Gasteiger partial charge is 0.319 e. The molecule has 1 heterocycles. The number of nitrogens with zero attached hydrogens (tertiary/aromatic N) is 2. The topological polar surface area (TPSA) is 46.9 Å². The molecule has 1 amide bonds. The maximum absolute atomic E-state index is 12.6. The largest absolute Gasteiger partial charge is 0.416 e. The van der Waals surface area contributed by atoms with E-state index in [0.29, 0.717) is 5.69 Å².